The molecule has 0 fully saturated rings. The first kappa shape index (κ1) is 11.9. The Bertz CT molecular complexity index is 406. The summed E-state index contributed by atoms with van der Waals surface area (Å²) in [7, 11) is 0. The molecular weight excluding hydrogens is 216 g/mol. The van der Waals surface area contributed by atoms with Crippen molar-refractivity contribution in [3.8, 4) is 0 Å². The number of likely N-dealkylation sites (N-methyl/N-ethyl adjacent to an activating group) is 1. The van der Waals surface area contributed by atoms with Gasteiger partial charge in [0.25, 0.3) is 0 Å². The largest absolute Gasteiger partial charge is 0.481 e. The number of carboxylic acid groups (broad SMARTS) is 1. The van der Waals surface area contributed by atoms with Gasteiger partial charge in [-0.25, -0.2) is 0 Å². The average molecular weight is 234 g/mol. The van der Waals surface area contributed by atoms with Crippen LogP contribution in [0.3, 0.4) is 0 Å². The van der Waals surface area contributed by atoms with Gasteiger partial charge in [0.05, 0.1) is 12.5 Å². The van der Waals surface area contributed by atoms with Crippen LogP contribution in [0.2, 0.25) is 0 Å². The van der Waals surface area contributed by atoms with Crippen molar-refractivity contribution in [1.29, 1.82) is 0 Å². The van der Waals surface area contributed by atoms with Crippen LogP contribution in [0, 0.1) is 0 Å². The highest BCUT2D eigenvalue weighted by molar-refractivity contribution is 5.69. The molecule has 0 bridgehead atoms. The lowest BCUT2D eigenvalue weighted by molar-refractivity contribution is -0.137. The van der Waals surface area contributed by atoms with Crippen molar-refractivity contribution >= 4 is 11.7 Å². The fraction of sp³-hybridized carbons (Fsp3) is 0.462. The zero-order valence-electron chi connectivity index (χ0n) is 10.0. The third-order valence-corrected chi connectivity index (χ3v) is 3.19. The molecule has 0 aromatic heterocycles. The van der Waals surface area contributed by atoms with Gasteiger partial charge in [-0.05, 0) is 18.6 Å². The second-order valence-electron chi connectivity index (χ2n) is 4.30. The maximum absolute atomic E-state index is 10.9. The number of carbonyl (C=O) groups is 1. The number of rotatable bonds is 3. The van der Waals surface area contributed by atoms with Crippen molar-refractivity contribution in [1.82, 2.24) is 5.32 Å². The van der Waals surface area contributed by atoms with Gasteiger partial charge in [-0.15, -0.1) is 0 Å². The van der Waals surface area contributed by atoms with Crippen LogP contribution in [0.1, 0.15) is 18.9 Å². The van der Waals surface area contributed by atoms with Gasteiger partial charge in [-0.3, -0.25) is 4.79 Å². The number of hydrogen-bond donors (Lipinski definition) is 2. The molecule has 0 saturated carbocycles. The summed E-state index contributed by atoms with van der Waals surface area (Å²) in [4.78, 5) is 13.1. The first-order valence-corrected chi connectivity index (χ1v) is 5.99. The van der Waals surface area contributed by atoms with E-state index < -0.39 is 5.97 Å². The quantitative estimate of drug-likeness (QED) is 0.831. The number of nitrogens with zero attached hydrogens (tertiary/aromatic N) is 1. The Labute approximate surface area is 101 Å². The van der Waals surface area contributed by atoms with Crippen LogP contribution in [0.5, 0.6) is 0 Å². The van der Waals surface area contributed by atoms with E-state index in [-0.39, 0.29) is 12.5 Å². The van der Waals surface area contributed by atoms with Crippen molar-refractivity contribution in [3.63, 3.8) is 0 Å². The van der Waals surface area contributed by atoms with E-state index >= 15 is 0 Å². The lowest BCUT2D eigenvalue weighted by Gasteiger charge is -2.30. The predicted molar refractivity (Wildman–Crippen MR) is 67.2 cm³/mol. The molecule has 4 heteroatoms. The zero-order chi connectivity index (χ0) is 12.3. The molecule has 0 radical (unpaired) electrons. The maximum atomic E-state index is 10.9. The molecule has 1 atom stereocenters. The number of anilines is 1. The summed E-state index contributed by atoms with van der Waals surface area (Å²) < 4.78 is 0. The molecule has 92 valence electrons. The van der Waals surface area contributed by atoms with Gasteiger partial charge in [0.2, 0.25) is 0 Å². The second kappa shape index (κ2) is 5.19. The van der Waals surface area contributed by atoms with Gasteiger partial charge < -0.3 is 15.3 Å². The minimum absolute atomic E-state index is 0.0288. The lowest BCUT2D eigenvalue weighted by atomic mass is 10.1. The van der Waals surface area contributed by atoms with Crippen molar-refractivity contribution < 1.29 is 9.90 Å². The van der Waals surface area contributed by atoms with Gasteiger partial charge in [0.15, 0.2) is 0 Å². The summed E-state index contributed by atoms with van der Waals surface area (Å²) >= 11 is 0. The highest BCUT2D eigenvalue weighted by Gasteiger charge is 2.24. The summed E-state index contributed by atoms with van der Waals surface area (Å²) in [5, 5.41) is 12.3. The predicted octanol–water partition coefficient (Wildman–Crippen LogP) is 1.46. The van der Waals surface area contributed by atoms with E-state index in [0.717, 1.165) is 25.3 Å². The molecule has 0 saturated heterocycles. The fourth-order valence-corrected chi connectivity index (χ4v) is 2.43. The molecule has 1 aliphatic heterocycles. The Kier molecular flexibility index (Phi) is 3.64. The summed E-state index contributed by atoms with van der Waals surface area (Å²) in [6.07, 6.45) is 0.176. The number of carboxylic acids is 1. The van der Waals surface area contributed by atoms with Crippen molar-refractivity contribution in [2.75, 3.05) is 18.0 Å². The smallest absolute Gasteiger partial charge is 0.305 e. The van der Waals surface area contributed by atoms with Crippen LogP contribution >= 0.6 is 0 Å². The number of benzene rings is 1. The number of fused-ring (bicyclic) bond motifs is 1. The van der Waals surface area contributed by atoms with Gasteiger partial charge in [-0.1, -0.05) is 18.2 Å². The van der Waals surface area contributed by atoms with Crippen molar-refractivity contribution in [2.24, 2.45) is 0 Å². The minimum Gasteiger partial charge on any atom is -0.481 e. The molecule has 4 nitrogen and oxygen atoms in total. The van der Waals surface area contributed by atoms with Gasteiger partial charge in [-0.2, -0.15) is 0 Å². The Morgan fingerprint density at radius 3 is 3.00 bits per heavy atom. The summed E-state index contributed by atoms with van der Waals surface area (Å²) in [5.74, 6) is -0.741. The maximum Gasteiger partial charge on any atom is 0.305 e. The Hall–Kier alpha value is -1.55. The van der Waals surface area contributed by atoms with Crippen molar-refractivity contribution in [3.05, 3.63) is 29.8 Å². The van der Waals surface area contributed by atoms with Gasteiger partial charge in [0.1, 0.15) is 0 Å². The molecule has 0 aliphatic carbocycles. The van der Waals surface area contributed by atoms with E-state index in [1.54, 1.807) is 0 Å². The highest BCUT2D eigenvalue weighted by Crippen LogP contribution is 2.25. The molecule has 0 amide bonds. The molecule has 0 spiro atoms. The van der Waals surface area contributed by atoms with E-state index in [2.05, 4.69) is 29.3 Å². The Morgan fingerprint density at radius 2 is 2.29 bits per heavy atom. The van der Waals surface area contributed by atoms with Crippen LogP contribution in [0.4, 0.5) is 5.69 Å². The second-order valence-corrected chi connectivity index (χ2v) is 4.30. The molecule has 1 aliphatic rings. The van der Waals surface area contributed by atoms with E-state index in [9.17, 15) is 4.79 Å². The normalized spacial score (nSPS) is 19.6. The lowest BCUT2D eigenvalue weighted by Crippen LogP contribution is -2.41. The fourth-order valence-electron chi connectivity index (χ4n) is 2.43. The van der Waals surface area contributed by atoms with Crippen LogP contribution in [-0.2, 0) is 11.3 Å². The van der Waals surface area contributed by atoms with Gasteiger partial charge >= 0.3 is 5.97 Å². The minimum atomic E-state index is -0.741. The summed E-state index contributed by atoms with van der Waals surface area (Å²) in [5.41, 5.74) is 2.40. The number of nitrogens with one attached hydrogen (secondary N) is 1. The van der Waals surface area contributed by atoms with Crippen LogP contribution in [0.25, 0.3) is 0 Å². The SMILES string of the molecule is CCN1c2ccccc2CNCC1CC(=O)O. The Balaban J connectivity index is 2.30. The monoisotopic (exact) mass is 234 g/mol. The average Bonchev–Trinajstić information content (AvgIpc) is 2.47. The molecule has 1 aromatic carbocycles. The third-order valence-electron chi connectivity index (χ3n) is 3.19. The standard InChI is InChI=1S/C13H18N2O2/c1-2-15-11(7-13(16)17)9-14-8-10-5-3-4-6-12(10)15/h3-6,11,14H,2,7-9H2,1H3,(H,16,17). The van der Waals surface area contributed by atoms with E-state index in [1.165, 1.54) is 5.56 Å². The number of hydrogen-bond acceptors (Lipinski definition) is 3. The van der Waals surface area contributed by atoms with Crippen molar-refractivity contribution in [2.45, 2.75) is 25.9 Å². The van der Waals surface area contributed by atoms with Crippen LogP contribution < -0.4 is 10.2 Å². The van der Waals surface area contributed by atoms with E-state index in [0.29, 0.717) is 0 Å². The molecule has 1 aromatic rings. The number of para-hydroxylation sites is 1. The zero-order valence-corrected chi connectivity index (χ0v) is 10.0. The topological polar surface area (TPSA) is 52.6 Å². The molecule has 1 unspecified atom stereocenters. The first-order valence-electron chi connectivity index (χ1n) is 5.99. The molecule has 2 N–H and O–H groups in total. The van der Waals surface area contributed by atoms with Crippen LogP contribution in [0.15, 0.2) is 24.3 Å². The molecule has 1 heterocycles. The molecule has 17 heavy (non-hydrogen) atoms. The molecule has 2 rings (SSSR count). The van der Waals surface area contributed by atoms with E-state index in [1.807, 2.05) is 12.1 Å². The summed E-state index contributed by atoms with van der Waals surface area (Å²) in [6.45, 7) is 4.42. The summed E-state index contributed by atoms with van der Waals surface area (Å²) in [6, 6.07) is 8.21. The van der Waals surface area contributed by atoms with E-state index in [4.69, 9.17) is 5.11 Å². The third kappa shape index (κ3) is 2.58. The first-order chi connectivity index (χ1) is 8.22. The van der Waals surface area contributed by atoms with Gasteiger partial charge in [0, 0.05) is 25.3 Å². The van der Waals surface area contributed by atoms with Crippen LogP contribution in [-0.4, -0.2) is 30.2 Å². The number of aliphatic carboxylic acids is 1. The Morgan fingerprint density at radius 1 is 1.53 bits per heavy atom. The molecular formula is C13H18N2O2. The highest BCUT2D eigenvalue weighted by atomic mass is 16.4.